The Morgan fingerprint density at radius 1 is 1.18 bits per heavy atom. The number of benzene rings is 1. The van der Waals surface area contributed by atoms with Gasteiger partial charge < -0.3 is 20.1 Å². The molecule has 1 aromatic heterocycles. The Balaban J connectivity index is 1.92. The van der Waals surface area contributed by atoms with E-state index in [1.165, 1.54) is 6.33 Å². The van der Waals surface area contributed by atoms with Crippen molar-refractivity contribution >= 4 is 23.1 Å². The van der Waals surface area contributed by atoms with Gasteiger partial charge in [-0.2, -0.15) is 0 Å². The van der Waals surface area contributed by atoms with Gasteiger partial charge in [0.1, 0.15) is 29.6 Å². The molecule has 0 aliphatic rings. The van der Waals surface area contributed by atoms with E-state index in [0.29, 0.717) is 23.2 Å². The van der Waals surface area contributed by atoms with Gasteiger partial charge in [-0.15, -0.1) is 0 Å². The number of halogens is 1. The lowest BCUT2D eigenvalue weighted by atomic mass is 10.3. The van der Waals surface area contributed by atoms with Crippen LogP contribution in [0, 0.1) is 0 Å². The molecule has 7 heteroatoms. The molecule has 0 amide bonds. The van der Waals surface area contributed by atoms with Crippen molar-refractivity contribution < 1.29 is 9.47 Å². The summed E-state index contributed by atoms with van der Waals surface area (Å²) < 4.78 is 10.9. The van der Waals surface area contributed by atoms with Gasteiger partial charge in [0.05, 0.1) is 13.7 Å². The van der Waals surface area contributed by atoms with Gasteiger partial charge in [-0.05, 0) is 31.2 Å². The highest BCUT2D eigenvalue weighted by Crippen LogP contribution is 2.25. The van der Waals surface area contributed by atoms with Crippen molar-refractivity contribution in [3.8, 4) is 11.5 Å². The Hall–Kier alpha value is -2.21. The highest BCUT2D eigenvalue weighted by Gasteiger charge is 2.10. The number of aromatic nitrogens is 2. The lowest BCUT2D eigenvalue weighted by Gasteiger charge is -2.17. The second-order valence-electron chi connectivity index (χ2n) is 4.62. The minimum absolute atomic E-state index is 0.0492. The van der Waals surface area contributed by atoms with Crippen LogP contribution in [0.25, 0.3) is 0 Å². The van der Waals surface area contributed by atoms with Crippen molar-refractivity contribution in [1.29, 1.82) is 0 Å². The van der Waals surface area contributed by atoms with Crippen LogP contribution in [0.15, 0.2) is 30.6 Å². The Morgan fingerprint density at radius 2 is 1.86 bits per heavy atom. The molecule has 6 nitrogen and oxygen atoms in total. The highest BCUT2D eigenvalue weighted by atomic mass is 35.5. The second-order valence-corrected chi connectivity index (χ2v) is 4.98. The number of ether oxygens (including phenoxy) is 2. The molecule has 0 spiro atoms. The largest absolute Gasteiger partial charge is 0.497 e. The molecule has 2 N–H and O–H groups in total. The summed E-state index contributed by atoms with van der Waals surface area (Å²) in [5.74, 6) is 2.23. The van der Waals surface area contributed by atoms with Gasteiger partial charge in [0, 0.05) is 7.05 Å². The van der Waals surface area contributed by atoms with Crippen molar-refractivity contribution in [3.05, 3.63) is 35.7 Å². The fourth-order valence-corrected chi connectivity index (χ4v) is 2.12. The van der Waals surface area contributed by atoms with Crippen LogP contribution >= 0.6 is 11.6 Å². The van der Waals surface area contributed by atoms with Crippen LogP contribution in [0.5, 0.6) is 11.5 Å². The fraction of sp³-hybridized carbons (Fsp3) is 0.333. The van der Waals surface area contributed by atoms with E-state index in [0.717, 1.165) is 11.5 Å². The maximum Gasteiger partial charge on any atom is 0.157 e. The van der Waals surface area contributed by atoms with Crippen molar-refractivity contribution in [2.75, 3.05) is 31.3 Å². The van der Waals surface area contributed by atoms with Crippen molar-refractivity contribution in [1.82, 2.24) is 9.97 Å². The van der Waals surface area contributed by atoms with Gasteiger partial charge in [-0.1, -0.05) is 11.6 Å². The zero-order valence-electron chi connectivity index (χ0n) is 12.8. The van der Waals surface area contributed by atoms with Gasteiger partial charge >= 0.3 is 0 Å². The van der Waals surface area contributed by atoms with E-state index in [4.69, 9.17) is 21.1 Å². The van der Waals surface area contributed by atoms with Crippen molar-refractivity contribution in [2.45, 2.75) is 13.0 Å². The van der Waals surface area contributed by atoms with Crippen LogP contribution in [0.3, 0.4) is 0 Å². The standard InChI is InChI=1S/C15H19ClN4O2/c1-10(22-12-6-4-11(21-3)5-7-12)8-18-15-13(17-2)14(16)19-9-20-15/h4-7,9-10,17H,8H2,1-3H3,(H,18,19,20). The predicted octanol–water partition coefficient (Wildman–Crippen LogP) is 3.06. The Labute approximate surface area is 134 Å². The van der Waals surface area contributed by atoms with Crippen LogP contribution in [-0.4, -0.2) is 36.8 Å². The molecular weight excluding hydrogens is 304 g/mol. The van der Waals surface area contributed by atoms with E-state index in [2.05, 4.69) is 20.6 Å². The number of hydrogen-bond acceptors (Lipinski definition) is 6. The van der Waals surface area contributed by atoms with Crippen LogP contribution in [-0.2, 0) is 0 Å². The molecule has 1 heterocycles. The van der Waals surface area contributed by atoms with Gasteiger partial charge in [0.25, 0.3) is 0 Å². The molecule has 1 atom stereocenters. The third-order valence-electron chi connectivity index (χ3n) is 3.00. The van der Waals surface area contributed by atoms with Crippen LogP contribution in [0.2, 0.25) is 5.15 Å². The van der Waals surface area contributed by atoms with Crippen molar-refractivity contribution in [2.24, 2.45) is 0 Å². The molecule has 118 valence electrons. The second kappa shape index (κ2) is 7.70. The molecule has 0 aliphatic heterocycles. The molecular formula is C15H19ClN4O2. The van der Waals surface area contributed by atoms with Gasteiger partial charge in [-0.25, -0.2) is 9.97 Å². The minimum Gasteiger partial charge on any atom is -0.497 e. The number of anilines is 2. The summed E-state index contributed by atoms with van der Waals surface area (Å²) in [4.78, 5) is 8.10. The Kier molecular flexibility index (Phi) is 5.66. The number of nitrogens with one attached hydrogen (secondary N) is 2. The summed E-state index contributed by atoms with van der Waals surface area (Å²) in [6.45, 7) is 2.55. The third-order valence-corrected chi connectivity index (χ3v) is 3.29. The van der Waals surface area contributed by atoms with Gasteiger partial charge in [0.15, 0.2) is 11.0 Å². The third kappa shape index (κ3) is 4.14. The maximum atomic E-state index is 6.01. The normalized spacial score (nSPS) is 11.6. The number of nitrogens with zero attached hydrogens (tertiary/aromatic N) is 2. The van der Waals surface area contributed by atoms with E-state index in [1.54, 1.807) is 14.2 Å². The first-order valence-electron chi connectivity index (χ1n) is 6.87. The van der Waals surface area contributed by atoms with E-state index < -0.39 is 0 Å². The molecule has 0 bridgehead atoms. The molecule has 1 unspecified atom stereocenters. The summed E-state index contributed by atoms with van der Waals surface area (Å²) in [5.41, 5.74) is 0.667. The SMILES string of the molecule is CNc1c(Cl)ncnc1NCC(C)Oc1ccc(OC)cc1. The van der Waals surface area contributed by atoms with Crippen LogP contribution in [0.1, 0.15) is 6.92 Å². The molecule has 0 radical (unpaired) electrons. The first kappa shape index (κ1) is 16.2. The molecule has 0 aliphatic carbocycles. The van der Waals surface area contributed by atoms with Crippen LogP contribution < -0.4 is 20.1 Å². The quantitative estimate of drug-likeness (QED) is 0.764. The first-order valence-corrected chi connectivity index (χ1v) is 7.24. The number of methoxy groups -OCH3 is 1. The zero-order chi connectivity index (χ0) is 15.9. The van der Waals surface area contributed by atoms with E-state index >= 15 is 0 Å². The van der Waals surface area contributed by atoms with Crippen molar-refractivity contribution in [3.63, 3.8) is 0 Å². The number of rotatable bonds is 7. The molecule has 0 fully saturated rings. The van der Waals surface area contributed by atoms with E-state index in [9.17, 15) is 0 Å². The summed E-state index contributed by atoms with van der Waals surface area (Å²) in [7, 11) is 3.40. The lowest BCUT2D eigenvalue weighted by Crippen LogP contribution is -2.23. The number of hydrogen-bond donors (Lipinski definition) is 2. The first-order chi connectivity index (χ1) is 10.6. The summed E-state index contributed by atoms with van der Waals surface area (Å²) in [5, 5.41) is 6.55. The fourth-order valence-electron chi connectivity index (χ4n) is 1.89. The summed E-state index contributed by atoms with van der Waals surface area (Å²) in [6, 6.07) is 7.46. The minimum atomic E-state index is -0.0492. The Bertz CT molecular complexity index is 607. The topological polar surface area (TPSA) is 68.3 Å². The zero-order valence-corrected chi connectivity index (χ0v) is 13.5. The molecule has 22 heavy (non-hydrogen) atoms. The highest BCUT2D eigenvalue weighted by molar-refractivity contribution is 6.32. The van der Waals surface area contributed by atoms with Crippen LogP contribution in [0.4, 0.5) is 11.5 Å². The van der Waals surface area contributed by atoms with Gasteiger partial charge in [-0.3, -0.25) is 0 Å². The molecule has 1 aromatic carbocycles. The smallest absolute Gasteiger partial charge is 0.157 e. The molecule has 2 aromatic rings. The average Bonchev–Trinajstić information content (AvgIpc) is 2.53. The van der Waals surface area contributed by atoms with E-state index in [1.807, 2.05) is 31.2 Å². The summed E-state index contributed by atoms with van der Waals surface area (Å²) >= 11 is 6.01. The maximum absolute atomic E-state index is 6.01. The Morgan fingerprint density at radius 3 is 2.50 bits per heavy atom. The molecule has 2 rings (SSSR count). The summed E-state index contributed by atoms with van der Waals surface area (Å²) in [6.07, 6.45) is 1.37. The predicted molar refractivity (Wildman–Crippen MR) is 88.2 cm³/mol. The molecule has 0 saturated heterocycles. The lowest BCUT2D eigenvalue weighted by molar-refractivity contribution is 0.234. The van der Waals surface area contributed by atoms with E-state index in [-0.39, 0.29) is 6.10 Å². The van der Waals surface area contributed by atoms with Gasteiger partial charge in [0.2, 0.25) is 0 Å². The monoisotopic (exact) mass is 322 g/mol. The molecule has 0 saturated carbocycles. The average molecular weight is 323 g/mol.